The third-order valence-electron chi connectivity index (χ3n) is 3.28. The molecule has 0 aromatic heterocycles. The van der Waals surface area contributed by atoms with E-state index in [9.17, 15) is 14.4 Å². The summed E-state index contributed by atoms with van der Waals surface area (Å²) in [6.07, 6.45) is 0.942. The van der Waals surface area contributed by atoms with Crippen LogP contribution >= 0.6 is 0 Å². The molecule has 1 aliphatic rings. The van der Waals surface area contributed by atoms with Crippen molar-refractivity contribution >= 4 is 18.0 Å². The lowest BCUT2D eigenvalue weighted by molar-refractivity contribution is -0.145. The fourth-order valence-corrected chi connectivity index (χ4v) is 2.15. The Balaban J connectivity index is 2.45. The van der Waals surface area contributed by atoms with Gasteiger partial charge in [-0.05, 0) is 18.8 Å². The summed E-state index contributed by atoms with van der Waals surface area (Å²) in [5.41, 5.74) is 0. The Kier molecular flexibility index (Phi) is 6.23. The van der Waals surface area contributed by atoms with Crippen LogP contribution in [0.4, 0.5) is 4.79 Å². The van der Waals surface area contributed by atoms with E-state index in [0.29, 0.717) is 25.6 Å². The molecule has 1 fully saturated rings. The molecule has 0 bridgehead atoms. The van der Waals surface area contributed by atoms with Crippen molar-refractivity contribution in [3.8, 4) is 0 Å². The van der Waals surface area contributed by atoms with E-state index < -0.39 is 30.4 Å². The summed E-state index contributed by atoms with van der Waals surface area (Å²) >= 11 is 0. The summed E-state index contributed by atoms with van der Waals surface area (Å²) in [6.45, 7) is 1.67. The molecule has 1 unspecified atom stereocenters. The number of methoxy groups -OCH3 is 1. The largest absolute Gasteiger partial charge is 0.481 e. The van der Waals surface area contributed by atoms with Crippen LogP contribution in [0, 0.1) is 5.92 Å². The van der Waals surface area contributed by atoms with Crippen molar-refractivity contribution in [2.75, 3.05) is 26.8 Å². The van der Waals surface area contributed by atoms with Crippen molar-refractivity contribution < 1.29 is 29.3 Å². The number of urea groups is 1. The van der Waals surface area contributed by atoms with E-state index in [-0.39, 0.29) is 0 Å². The lowest BCUT2D eigenvalue weighted by Crippen LogP contribution is -2.51. The number of amides is 2. The van der Waals surface area contributed by atoms with Crippen molar-refractivity contribution in [2.45, 2.75) is 25.3 Å². The highest BCUT2D eigenvalue weighted by Gasteiger charge is 2.28. The highest BCUT2D eigenvalue weighted by atomic mass is 16.5. The van der Waals surface area contributed by atoms with Crippen LogP contribution in [-0.2, 0) is 14.3 Å². The SMILES string of the molecule is COCC1CCN(C(=O)NC(CC(=O)O)C(=O)O)CC1. The van der Waals surface area contributed by atoms with Crippen LogP contribution in [-0.4, -0.2) is 65.9 Å². The molecule has 114 valence electrons. The molecule has 8 heteroatoms. The van der Waals surface area contributed by atoms with Gasteiger partial charge in [0, 0.05) is 26.8 Å². The molecule has 0 saturated carbocycles. The van der Waals surface area contributed by atoms with E-state index in [1.54, 1.807) is 7.11 Å². The molecular weight excluding hydrogens is 268 g/mol. The maximum absolute atomic E-state index is 11.9. The van der Waals surface area contributed by atoms with Crippen molar-refractivity contribution in [3.05, 3.63) is 0 Å². The van der Waals surface area contributed by atoms with Crippen LogP contribution in [0.3, 0.4) is 0 Å². The Bertz CT molecular complexity index is 365. The maximum Gasteiger partial charge on any atom is 0.326 e. The minimum Gasteiger partial charge on any atom is -0.481 e. The van der Waals surface area contributed by atoms with Crippen LogP contribution in [0.5, 0.6) is 0 Å². The number of likely N-dealkylation sites (tertiary alicyclic amines) is 1. The van der Waals surface area contributed by atoms with E-state index in [4.69, 9.17) is 14.9 Å². The summed E-state index contributed by atoms with van der Waals surface area (Å²) in [6, 6.07) is -1.94. The van der Waals surface area contributed by atoms with Gasteiger partial charge in [0.25, 0.3) is 0 Å². The molecular formula is C12H20N2O6. The summed E-state index contributed by atoms with van der Waals surface area (Å²) in [7, 11) is 1.63. The minimum atomic E-state index is -1.41. The average Bonchev–Trinajstić information content (AvgIpc) is 2.38. The zero-order valence-electron chi connectivity index (χ0n) is 11.4. The zero-order chi connectivity index (χ0) is 15.1. The van der Waals surface area contributed by atoms with E-state index >= 15 is 0 Å². The number of ether oxygens (including phenoxy) is 1. The Hall–Kier alpha value is -1.83. The molecule has 1 aliphatic heterocycles. The van der Waals surface area contributed by atoms with Gasteiger partial charge in [0.15, 0.2) is 0 Å². The molecule has 1 rings (SSSR count). The predicted octanol–water partition coefficient (Wildman–Crippen LogP) is -0.0177. The molecule has 8 nitrogen and oxygen atoms in total. The quantitative estimate of drug-likeness (QED) is 0.632. The highest BCUT2D eigenvalue weighted by Crippen LogP contribution is 2.17. The number of rotatable bonds is 6. The number of hydrogen-bond acceptors (Lipinski definition) is 4. The Morgan fingerprint density at radius 2 is 1.90 bits per heavy atom. The first-order valence-corrected chi connectivity index (χ1v) is 6.43. The van der Waals surface area contributed by atoms with Gasteiger partial charge in [-0.15, -0.1) is 0 Å². The van der Waals surface area contributed by atoms with Gasteiger partial charge in [-0.1, -0.05) is 0 Å². The summed E-state index contributed by atoms with van der Waals surface area (Å²) < 4.78 is 5.05. The maximum atomic E-state index is 11.9. The van der Waals surface area contributed by atoms with Crippen molar-refractivity contribution in [2.24, 2.45) is 5.92 Å². The fraction of sp³-hybridized carbons (Fsp3) is 0.750. The lowest BCUT2D eigenvalue weighted by atomic mass is 9.98. The van der Waals surface area contributed by atoms with Gasteiger partial charge in [0.05, 0.1) is 6.42 Å². The average molecular weight is 288 g/mol. The van der Waals surface area contributed by atoms with E-state index in [1.807, 2.05) is 0 Å². The van der Waals surface area contributed by atoms with Gasteiger partial charge in [0.1, 0.15) is 6.04 Å². The summed E-state index contributed by atoms with van der Waals surface area (Å²) in [5, 5.41) is 19.7. The van der Waals surface area contributed by atoms with Gasteiger partial charge < -0.3 is 25.2 Å². The summed E-state index contributed by atoms with van der Waals surface area (Å²) in [4.78, 5) is 34.8. The molecule has 0 aromatic carbocycles. The minimum absolute atomic E-state index is 0.401. The highest BCUT2D eigenvalue weighted by molar-refractivity contribution is 5.86. The number of carboxylic acid groups (broad SMARTS) is 2. The predicted molar refractivity (Wildman–Crippen MR) is 68.4 cm³/mol. The number of nitrogens with zero attached hydrogens (tertiary/aromatic N) is 1. The molecule has 0 radical (unpaired) electrons. The van der Waals surface area contributed by atoms with Crippen molar-refractivity contribution in [3.63, 3.8) is 0 Å². The number of aliphatic carboxylic acids is 2. The molecule has 0 aromatic rings. The molecule has 1 atom stereocenters. The molecule has 2 amide bonds. The van der Waals surface area contributed by atoms with E-state index in [1.165, 1.54) is 4.90 Å². The smallest absolute Gasteiger partial charge is 0.326 e. The van der Waals surface area contributed by atoms with Crippen LogP contribution in [0.15, 0.2) is 0 Å². The standard InChI is InChI=1S/C12H20N2O6/c1-20-7-8-2-4-14(5-3-8)12(19)13-9(11(17)18)6-10(15)16/h8-9H,2-7H2,1H3,(H,13,19)(H,15,16)(H,17,18). The van der Waals surface area contributed by atoms with Gasteiger partial charge in [-0.3, -0.25) is 4.79 Å². The zero-order valence-corrected chi connectivity index (χ0v) is 11.4. The second kappa shape index (κ2) is 7.68. The number of carbonyl (C=O) groups is 3. The summed E-state index contributed by atoms with van der Waals surface area (Å²) in [5.74, 6) is -2.22. The Labute approximate surface area is 116 Å². The number of carboxylic acids is 2. The number of carbonyl (C=O) groups excluding carboxylic acids is 1. The van der Waals surface area contributed by atoms with Crippen LogP contribution < -0.4 is 5.32 Å². The van der Waals surface area contributed by atoms with Gasteiger partial charge in [0.2, 0.25) is 0 Å². The third-order valence-corrected chi connectivity index (χ3v) is 3.28. The van der Waals surface area contributed by atoms with Crippen LogP contribution in [0.25, 0.3) is 0 Å². The fourth-order valence-electron chi connectivity index (χ4n) is 2.15. The number of piperidine rings is 1. The van der Waals surface area contributed by atoms with Gasteiger partial charge in [-0.25, -0.2) is 9.59 Å². The van der Waals surface area contributed by atoms with Crippen molar-refractivity contribution in [1.82, 2.24) is 10.2 Å². The van der Waals surface area contributed by atoms with E-state index in [2.05, 4.69) is 5.32 Å². The molecule has 20 heavy (non-hydrogen) atoms. The molecule has 3 N–H and O–H groups in total. The second-order valence-corrected chi connectivity index (χ2v) is 4.82. The first-order chi connectivity index (χ1) is 9.43. The Morgan fingerprint density at radius 3 is 2.35 bits per heavy atom. The molecule has 1 heterocycles. The lowest BCUT2D eigenvalue weighted by Gasteiger charge is -2.32. The molecule has 0 aliphatic carbocycles. The topological polar surface area (TPSA) is 116 Å². The number of hydrogen-bond donors (Lipinski definition) is 3. The van der Waals surface area contributed by atoms with Crippen LogP contribution in [0.2, 0.25) is 0 Å². The van der Waals surface area contributed by atoms with Crippen LogP contribution in [0.1, 0.15) is 19.3 Å². The monoisotopic (exact) mass is 288 g/mol. The molecule has 1 saturated heterocycles. The third kappa shape index (κ3) is 5.04. The van der Waals surface area contributed by atoms with Gasteiger partial charge in [-0.2, -0.15) is 0 Å². The Morgan fingerprint density at radius 1 is 1.30 bits per heavy atom. The van der Waals surface area contributed by atoms with Gasteiger partial charge >= 0.3 is 18.0 Å². The molecule has 0 spiro atoms. The normalized spacial score (nSPS) is 17.6. The second-order valence-electron chi connectivity index (χ2n) is 4.82. The van der Waals surface area contributed by atoms with E-state index in [0.717, 1.165) is 12.8 Å². The number of nitrogens with one attached hydrogen (secondary N) is 1. The first kappa shape index (κ1) is 16.2. The van der Waals surface area contributed by atoms with Crippen molar-refractivity contribution in [1.29, 1.82) is 0 Å². The first-order valence-electron chi connectivity index (χ1n) is 6.43.